The van der Waals surface area contributed by atoms with Crippen molar-refractivity contribution in [3.8, 4) is 0 Å². The standard InChI is InChI=1S/C23H26N4O/c28-23(22-8-6-19(7-9-22)16-27-13-10-24-18-27)25-15-20-4-3-5-21(14-20)17-26-11-1-2-12-26/h3-10,13-14,18H,1-2,11-12,15-17H2,(H,25,28). The third-order valence-electron chi connectivity index (χ3n) is 5.19. The van der Waals surface area contributed by atoms with Crippen molar-refractivity contribution in [1.29, 1.82) is 0 Å². The molecule has 1 saturated heterocycles. The molecule has 3 aromatic rings. The molecule has 5 nitrogen and oxygen atoms in total. The van der Waals surface area contributed by atoms with Gasteiger partial charge in [0.25, 0.3) is 5.91 Å². The van der Waals surface area contributed by atoms with Gasteiger partial charge in [0.2, 0.25) is 0 Å². The molecule has 2 heterocycles. The van der Waals surface area contributed by atoms with E-state index < -0.39 is 0 Å². The summed E-state index contributed by atoms with van der Waals surface area (Å²) in [5, 5.41) is 3.03. The number of nitrogens with zero attached hydrogens (tertiary/aromatic N) is 3. The molecule has 1 aliphatic heterocycles. The van der Waals surface area contributed by atoms with Crippen LogP contribution in [0.1, 0.15) is 39.9 Å². The third-order valence-corrected chi connectivity index (χ3v) is 5.19. The van der Waals surface area contributed by atoms with Gasteiger partial charge in [-0.15, -0.1) is 0 Å². The molecule has 0 saturated carbocycles. The van der Waals surface area contributed by atoms with Crippen LogP contribution in [0, 0.1) is 0 Å². The predicted molar refractivity (Wildman–Crippen MR) is 110 cm³/mol. The fourth-order valence-corrected chi connectivity index (χ4v) is 3.67. The van der Waals surface area contributed by atoms with Gasteiger partial charge in [0.1, 0.15) is 0 Å². The molecule has 0 radical (unpaired) electrons. The topological polar surface area (TPSA) is 50.2 Å². The lowest BCUT2D eigenvalue weighted by Gasteiger charge is -2.15. The largest absolute Gasteiger partial charge is 0.348 e. The van der Waals surface area contributed by atoms with Crippen molar-refractivity contribution in [2.24, 2.45) is 0 Å². The fraction of sp³-hybridized carbons (Fsp3) is 0.304. The number of likely N-dealkylation sites (tertiary alicyclic amines) is 1. The number of hydrogen-bond acceptors (Lipinski definition) is 3. The monoisotopic (exact) mass is 374 g/mol. The van der Waals surface area contributed by atoms with Crippen LogP contribution in [0.3, 0.4) is 0 Å². The Hall–Kier alpha value is -2.92. The van der Waals surface area contributed by atoms with Gasteiger partial charge >= 0.3 is 0 Å². The van der Waals surface area contributed by atoms with E-state index in [0.717, 1.165) is 24.2 Å². The summed E-state index contributed by atoms with van der Waals surface area (Å²) in [6, 6.07) is 16.3. The van der Waals surface area contributed by atoms with E-state index in [-0.39, 0.29) is 5.91 Å². The van der Waals surface area contributed by atoms with Crippen LogP contribution in [0.2, 0.25) is 0 Å². The van der Waals surface area contributed by atoms with Gasteiger partial charge in [-0.3, -0.25) is 9.69 Å². The predicted octanol–water partition coefficient (Wildman–Crippen LogP) is 3.46. The smallest absolute Gasteiger partial charge is 0.251 e. The zero-order chi connectivity index (χ0) is 19.2. The molecule has 4 rings (SSSR count). The number of carbonyl (C=O) groups is 1. The molecule has 144 valence electrons. The number of amides is 1. The summed E-state index contributed by atoms with van der Waals surface area (Å²) in [4.78, 5) is 19.0. The van der Waals surface area contributed by atoms with E-state index in [2.05, 4.69) is 39.5 Å². The Morgan fingerprint density at radius 2 is 1.75 bits per heavy atom. The summed E-state index contributed by atoms with van der Waals surface area (Å²) in [7, 11) is 0. The van der Waals surface area contributed by atoms with E-state index >= 15 is 0 Å². The van der Waals surface area contributed by atoms with Crippen LogP contribution in [0.15, 0.2) is 67.3 Å². The van der Waals surface area contributed by atoms with Crippen molar-refractivity contribution in [3.05, 3.63) is 89.5 Å². The van der Waals surface area contributed by atoms with E-state index in [1.807, 2.05) is 35.0 Å². The highest BCUT2D eigenvalue weighted by Crippen LogP contribution is 2.14. The van der Waals surface area contributed by atoms with Crippen LogP contribution in [-0.2, 0) is 19.6 Å². The summed E-state index contributed by atoms with van der Waals surface area (Å²) in [6.45, 7) is 4.69. The number of nitrogens with one attached hydrogen (secondary N) is 1. The van der Waals surface area contributed by atoms with Crippen molar-refractivity contribution >= 4 is 5.91 Å². The number of carbonyl (C=O) groups excluding carboxylic acids is 1. The van der Waals surface area contributed by atoms with E-state index in [1.54, 1.807) is 12.5 Å². The van der Waals surface area contributed by atoms with Crippen LogP contribution in [-0.4, -0.2) is 33.4 Å². The molecule has 2 aromatic carbocycles. The van der Waals surface area contributed by atoms with Crippen LogP contribution in [0.25, 0.3) is 0 Å². The molecule has 1 fully saturated rings. The van der Waals surface area contributed by atoms with Gasteiger partial charge in [-0.2, -0.15) is 0 Å². The summed E-state index contributed by atoms with van der Waals surface area (Å²) in [5.74, 6) is -0.0425. The third kappa shape index (κ3) is 4.87. The van der Waals surface area contributed by atoms with Gasteiger partial charge in [-0.1, -0.05) is 36.4 Å². The minimum Gasteiger partial charge on any atom is -0.348 e. The quantitative estimate of drug-likeness (QED) is 0.689. The van der Waals surface area contributed by atoms with E-state index in [0.29, 0.717) is 12.1 Å². The molecule has 0 atom stereocenters. The van der Waals surface area contributed by atoms with Crippen molar-refractivity contribution in [1.82, 2.24) is 19.8 Å². The van der Waals surface area contributed by atoms with Crippen LogP contribution in [0.5, 0.6) is 0 Å². The van der Waals surface area contributed by atoms with Gasteiger partial charge in [0.05, 0.1) is 6.33 Å². The Bertz CT molecular complexity index is 897. The average Bonchev–Trinajstić information content (AvgIpc) is 3.41. The molecule has 1 N–H and O–H groups in total. The summed E-state index contributed by atoms with van der Waals surface area (Å²) >= 11 is 0. The molecule has 0 aliphatic carbocycles. The first kappa shape index (κ1) is 18.4. The van der Waals surface area contributed by atoms with Gasteiger partial charge in [-0.05, 0) is 54.8 Å². The molecular weight excluding hydrogens is 348 g/mol. The maximum atomic E-state index is 12.5. The second-order valence-electron chi connectivity index (χ2n) is 7.42. The van der Waals surface area contributed by atoms with Crippen LogP contribution < -0.4 is 5.32 Å². The minimum atomic E-state index is -0.0425. The Morgan fingerprint density at radius 3 is 2.50 bits per heavy atom. The fourth-order valence-electron chi connectivity index (χ4n) is 3.67. The molecule has 0 bridgehead atoms. The van der Waals surface area contributed by atoms with E-state index in [9.17, 15) is 4.79 Å². The normalized spacial score (nSPS) is 14.3. The van der Waals surface area contributed by atoms with E-state index in [4.69, 9.17) is 0 Å². The van der Waals surface area contributed by atoms with Gasteiger partial charge in [0.15, 0.2) is 0 Å². The zero-order valence-electron chi connectivity index (χ0n) is 16.1. The lowest BCUT2D eigenvalue weighted by molar-refractivity contribution is 0.0951. The SMILES string of the molecule is O=C(NCc1cccc(CN2CCCC2)c1)c1ccc(Cn2ccnc2)cc1. The highest BCUT2D eigenvalue weighted by atomic mass is 16.1. The summed E-state index contributed by atoms with van der Waals surface area (Å²) in [5.41, 5.74) is 4.28. The molecule has 28 heavy (non-hydrogen) atoms. The number of rotatable bonds is 7. The number of benzene rings is 2. The van der Waals surface area contributed by atoms with E-state index in [1.165, 1.54) is 31.5 Å². The molecule has 0 unspecified atom stereocenters. The summed E-state index contributed by atoms with van der Waals surface area (Å²) in [6.07, 6.45) is 8.09. The maximum absolute atomic E-state index is 12.5. The first-order valence-electron chi connectivity index (χ1n) is 9.89. The van der Waals surface area contributed by atoms with Gasteiger partial charge in [0, 0.05) is 37.6 Å². The lowest BCUT2D eigenvalue weighted by atomic mass is 10.1. The highest BCUT2D eigenvalue weighted by Gasteiger charge is 2.12. The first-order chi connectivity index (χ1) is 13.8. The van der Waals surface area contributed by atoms with Crippen molar-refractivity contribution in [3.63, 3.8) is 0 Å². The maximum Gasteiger partial charge on any atom is 0.251 e. The Kier molecular flexibility index (Phi) is 5.83. The Labute approximate surface area is 166 Å². The van der Waals surface area contributed by atoms with Crippen LogP contribution >= 0.6 is 0 Å². The lowest BCUT2D eigenvalue weighted by Crippen LogP contribution is -2.23. The first-order valence-corrected chi connectivity index (χ1v) is 9.89. The summed E-state index contributed by atoms with van der Waals surface area (Å²) < 4.78 is 2.00. The van der Waals surface area contributed by atoms with Crippen molar-refractivity contribution < 1.29 is 4.79 Å². The second kappa shape index (κ2) is 8.85. The van der Waals surface area contributed by atoms with Crippen molar-refractivity contribution in [2.75, 3.05) is 13.1 Å². The molecule has 0 spiro atoms. The minimum absolute atomic E-state index is 0.0425. The highest BCUT2D eigenvalue weighted by molar-refractivity contribution is 5.94. The molecule has 1 aromatic heterocycles. The average molecular weight is 374 g/mol. The second-order valence-corrected chi connectivity index (χ2v) is 7.42. The molecule has 5 heteroatoms. The number of imidazole rings is 1. The van der Waals surface area contributed by atoms with Crippen LogP contribution in [0.4, 0.5) is 0 Å². The number of aromatic nitrogens is 2. The number of hydrogen-bond donors (Lipinski definition) is 1. The zero-order valence-corrected chi connectivity index (χ0v) is 16.1. The molecular formula is C23H26N4O. The Morgan fingerprint density at radius 1 is 0.964 bits per heavy atom. The molecule has 1 amide bonds. The van der Waals surface area contributed by atoms with Gasteiger partial charge in [-0.25, -0.2) is 4.98 Å². The molecule has 1 aliphatic rings. The Balaban J connectivity index is 1.31. The van der Waals surface area contributed by atoms with Crippen molar-refractivity contribution in [2.45, 2.75) is 32.5 Å². The van der Waals surface area contributed by atoms with Gasteiger partial charge < -0.3 is 9.88 Å².